The molecule has 1 saturated heterocycles. The highest BCUT2D eigenvalue weighted by Gasteiger charge is 2.47. The summed E-state index contributed by atoms with van der Waals surface area (Å²) in [5, 5.41) is 10.5. The number of rotatable bonds is 7. The van der Waals surface area contributed by atoms with Crippen LogP contribution in [0.4, 0.5) is 27.8 Å². The van der Waals surface area contributed by atoms with Crippen molar-refractivity contribution in [3.63, 3.8) is 0 Å². The van der Waals surface area contributed by atoms with Gasteiger partial charge in [0.1, 0.15) is 33.9 Å². The molecule has 0 radical (unpaired) electrons. The van der Waals surface area contributed by atoms with Gasteiger partial charge >= 0.3 is 5.97 Å². The van der Waals surface area contributed by atoms with Crippen LogP contribution in [0.15, 0.2) is 24.3 Å². The summed E-state index contributed by atoms with van der Waals surface area (Å²) in [6.45, 7) is 5.75. The third-order valence-electron chi connectivity index (χ3n) is 8.00. The fraction of sp³-hybridized carbons (Fsp3) is 0.586. The minimum absolute atomic E-state index is 0.0102. The number of anilines is 1. The molecule has 1 aliphatic heterocycles. The molecule has 1 atom stereocenters. The van der Waals surface area contributed by atoms with E-state index in [1.54, 1.807) is 32.9 Å². The van der Waals surface area contributed by atoms with E-state index in [4.69, 9.17) is 9.47 Å². The Hall–Kier alpha value is -3.35. The molecule has 0 bridgehead atoms. The second-order valence-electron chi connectivity index (χ2n) is 12.1. The third kappa shape index (κ3) is 6.20. The lowest BCUT2D eigenvalue weighted by atomic mass is 9.73. The molecule has 5 rings (SSSR count). The summed E-state index contributed by atoms with van der Waals surface area (Å²) in [7, 11) is 0. The molecule has 0 spiro atoms. The van der Waals surface area contributed by atoms with E-state index in [1.165, 1.54) is 6.07 Å². The fourth-order valence-corrected chi connectivity index (χ4v) is 5.76. The second kappa shape index (κ2) is 11.4. The molecule has 2 N–H and O–H groups in total. The largest absolute Gasteiger partial charge is 0.459 e. The molecule has 1 unspecified atom stereocenters. The molecule has 0 amide bonds. The predicted molar refractivity (Wildman–Crippen MR) is 144 cm³/mol. The number of fused-ring (bicyclic) bond motifs is 1. The highest BCUT2D eigenvalue weighted by atomic mass is 19.3. The van der Waals surface area contributed by atoms with Crippen LogP contribution in [0, 0.1) is 11.7 Å². The molecule has 2 aromatic heterocycles. The number of hydrogen-bond acceptors (Lipinski definition) is 7. The van der Waals surface area contributed by atoms with Crippen molar-refractivity contribution in [3.05, 3.63) is 47.2 Å². The summed E-state index contributed by atoms with van der Waals surface area (Å²) in [6, 6.07) is 4.92. The highest BCUT2D eigenvalue weighted by Crippen LogP contribution is 2.44. The second-order valence-corrected chi connectivity index (χ2v) is 12.1. The van der Waals surface area contributed by atoms with Crippen LogP contribution < -0.4 is 5.32 Å². The monoisotopic (exact) mass is 595 g/mol. The van der Waals surface area contributed by atoms with Crippen LogP contribution in [0.5, 0.6) is 0 Å². The Balaban J connectivity index is 1.53. The van der Waals surface area contributed by atoms with E-state index in [9.17, 15) is 22.4 Å². The van der Waals surface area contributed by atoms with Gasteiger partial charge in [-0.3, -0.25) is 4.79 Å². The number of halogens is 5. The molecule has 2 aliphatic rings. The molecule has 3 heterocycles. The first kappa shape index (κ1) is 30.1. The van der Waals surface area contributed by atoms with Crippen molar-refractivity contribution in [2.75, 3.05) is 18.5 Å². The molecule has 42 heavy (non-hydrogen) atoms. The van der Waals surface area contributed by atoms with Crippen molar-refractivity contribution in [1.82, 2.24) is 20.2 Å². The van der Waals surface area contributed by atoms with Gasteiger partial charge in [-0.25, -0.2) is 26.9 Å². The van der Waals surface area contributed by atoms with Crippen molar-refractivity contribution in [3.8, 4) is 0 Å². The van der Waals surface area contributed by atoms with Gasteiger partial charge in [-0.05, 0) is 70.6 Å². The van der Waals surface area contributed by atoms with E-state index in [0.29, 0.717) is 5.52 Å². The number of aromatic nitrogens is 4. The number of nitrogens with zero attached hydrogens (tertiary/aromatic N) is 3. The number of hydrogen-bond donors (Lipinski definition) is 2. The Bertz CT molecular complexity index is 1410. The molecule has 2 fully saturated rings. The normalized spacial score (nSPS) is 20.0. The molecular formula is C29H34F5N5O3. The van der Waals surface area contributed by atoms with E-state index in [2.05, 4.69) is 25.5 Å². The number of esters is 1. The van der Waals surface area contributed by atoms with Gasteiger partial charge in [0, 0.05) is 31.6 Å². The van der Waals surface area contributed by atoms with E-state index >= 15 is 4.39 Å². The fourth-order valence-electron chi connectivity index (χ4n) is 5.76. The van der Waals surface area contributed by atoms with E-state index in [-0.39, 0.29) is 80.4 Å². The van der Waals surface area contributed by atoms with Gasteiger partial charge in [-0.2, -0.15) is 0 Å². The predicted octanol–water partition coefficient (Wildman–Crippen LogP) is 6.80. The number of alkyl halides is 4. The summed E-state index contributed by atoms with van der Waals surface area (Å²) in [6.07, 6.45) is -2.68. The van der Waals surface area contributed by atoms with Crippen molar-refractivity contribution in [2.24, 2.45) is 5.92 Å². The lowest BCUT2D eigenvalue weighted by molar-refractivity contribution is -0.166. The van der Waals surface area contributed by atoms with Crippen LogP contribution in [0.1, 0.15) is 88.8 Å². The maximum Gasteiger partial charge on any atom is 0.317 e. The zero-order chi connectivity index (χ0) is 30.3. The van der Waals surface area contributed by atoms with Gasteiger partial charge in [-0.1, -0.05) is 6.07 Å². The lowest BCUT2D eigenvalue weighted by Gasteiger charge is -2.37. The van der Waals surface area contributed by atoms with Crippen LogP contribution >= 0.6 is 0 Å². The first-order valence-electron chi connectivity index (χ1n) is 14.0. The number of benzene rings is 1. The van der Waals surface area contributed by atoms with Gasteiger partial charge < -0.3 is 19.8 Å². The van der Waals surface area contributed by atoms with Gasteiger partial charge in [0.15, 0.2) is 5.82 Å². The minimum Gasteiger partial charge on any atom is -0.459 e. The van der Waals surface area contributed by atoms with Crippen LogP contribution in [-0.4, -0.2) is 50.9 Å². The summed E-state index contributed by atoms with van der Waals surface area (Å²) in [5.74, 6) is -3.93. The van der Waals surface area contributed by atoms with Crippen LogP contribution in [0.3, 0.4) is 0 Å². The molecular weight excluding hydrogens is 561 g/mol. The van der Waals surface area contributed by atoms with Crippen LogP contribution in [-0.2, 0) is 19.7 Å². The van der Waals surface area contributed by atoms with E-state index in [1.807, 2.05) is 0 Å². The molecule has 1 saturated carbocycles. The molecule has 3 aromatic rings. The van der Waals surface area contributed by atoms with Crippen molar-refractivity contribution < 1.29 is 36.2 Å². The minimum atomic E-state index is -2.80. The summed E-state index contributed by atoms with van der Waals surface area (Å²) in [5.41, 5.74) is -2.05. The van der Waals surface area contributed by atoms with E-state index < -0.39 is 46.9 Å². The topological polar surface area (TPSA) is 102 Å². The lowest BCUT2D eigenvalue weighted by Crippen LogP contribution is -2.45. The van der Waals surface area contributed by atoms with Gasteiger partial charge in [0.2, 0.25) is 5.92 Å². The quantitative estimate of drug-likeness (QED) is 0.229. The van der Waals surface area contributed by atoms with E-state index in [0.717, 1.165) is 6.07 Å². The number of aromatic amines is 1. The third-order valence-corrected chi connectivity index (χ3v) is 8.00. The Morgan fingerprint density at radius 2 is 1.76 bits per heavy atom. The van der Waals surface area contributed by atoms with Crippen molar-refractivity contribution in [2.45, 2.75) is 88.7 Å². The highest BCUT2D eigenvalue weighted by molar-refractivity contribution is 5.86. The molecule has 1 aromatic carbocycles. The molecule has 8 nitrogen and oxygen atoms in total. The Labute approximate surface area is 239 Å². The average molecular weight is 596 g/mol. The summed E-state index contributed by atoms with van der Waals surface area (Å²) >= 11 is 0. The Morgan fingerprint density at radius 3 is 2.36 bits per heavy atom. The van der Waals surface area contributed by atoms with Crippen LogP contribution in [0.25, 0.3) is 11.0 Å². The van der Waals surface area contributed by atoms with Gasteiger partial charge in [0.25, 0.3) is 6.43 Å². The Kier molecular flexibility index (Phi) is 8.16. The molecule has 13 heteroatoms. The number of H-pyrrole nitrogens is 1. The number of carbonyl (C=O) groups excluding carboxylic acids is 1. The zero-order valence-corrected chi connectivity index (χ0v) is 23.7. The number of ether oxygens (including phenoxy) is 2. The SMILES string of the molecule is CC(C)(C)OC(=O)C1(c2ccc3[nH]c(C(Nc4ccc(C(F)F)nn4)C4CCC(F)(F)CC4)nc3c2F)CCOCC1. The number of carbonyl (C=O) groups is 1. The molecule has 228 valence electrons. The van der Waals surface area contributed by atoms with Crippen molar-refractivity contribution in [1.29, 1.82) is 0 Å². The van der Waals surface area contributed by atoms with Crippen LogP contribution in [0.2, 0.25) is 0 Å². The van der Waals surface area contributed by atoms with Gasteiger partial charge in [0.05, 0.1) is 11.6 Å². The van der Waals surface area contributed by atoms with Gasteiger partial charge in [-0.15, -0.1) is 10.2 Å². The smallest absolute Gasteiger partial charge is 0.317 e. The number of nitrogens with one attached hydrogen (secondary N) is 2. The number of imidazole rings is 1. The average Bonchev–Trinajstić information content (AvgIpc) is 3.37. The molecule has 1 aliphatic carbocycles. The Morgan fingerprint density at radius 1 is 1.07 bits per heavy atom. The maximum atomic E-state index is 16.3. The maximum absolute atomic E-state index is 16.3. The first-order chi connectivity index (χ1) is 19.8. The van der Waals surface area contributed by atoms with Crippen molar-refractivity contribution >= 4 is 22.8 Å². The first-order valence-corrected chi connectivity index (χ1v) is 14.0. The summed E-state index contributed by atoms with van der Waals surface area (Å²) < 4.78 is 81.5. The summed E-state index contributed by atoms with van der Waals surface area (Å²) in [4.78, 5) is 21.1. The zero-order valence-electron chi connectivity index (χ0n) is 23.7. The standard InChI is InChI=1S/C29H34F5N5O3/c1-27(2,3)42-26(40)28(12-14-41-15-13-28)17-4-5-18-23(21(17)30)37-25(35-18)22(16-8-10-29(33,34)11-9-16)36-20-7-6-19(24(31)32)38-39-20/h4-7,16,22,24H,8-15H2,1-3H3,(H,35,37)(H,36,39).